The third kappa shape index (κ3) is 6.06. The van der Waals surface area contributed by atoms with E-state index in [-0.39, 0.29) is 17.3 Å². The van der Waals surface area contributed by atoms with Crippen molar-refractivity contribution in [2.75, 3.05) is 6.67 Å². The van der Waals surface area contributed by atoms with Gasteiger partial charge in [-0.1, -0.05) is 30.2 Å². The molecule has 4 heteroatoms. The molecule has 0 saturated heterocycles. The molecular formula is C25H34FNO2. The Kier molecular flexibility index (Phi) is 7.83. The Morgan fingerprint density at radius 2 is 2.03 bits per heavy atom. The fourth-order valence-corrected chi connectivity index (χ4v) is 3.94. The fraction of sp³-hybridized carbons (Fsp3) is 0.480. The predicted octanol–water partition coefficient (Wildman–Crippen LogP) is 6.94. The van der Waals surface area contributed by atoms with Gasteiger partial charge in [-0.2, -0.15) is 0 Å². The summed E-state index contributed by atoms with van der Waals surface area (Å²) in [5.74, 6) is -0.373. The molecule has 0 fully saturated rings. The number of carbonyl (C=O) groups excluding carboxylic acids is 1. The number of aromatic nitrogens is 1. The van der Waals surface area contributed by atoms with Gasteiger partial charge in [-0.3, -0.25) is 0 Å². The summed E-state index contributed by atoms with van der Waals surface area (Å²) in [6, 6.07) is 2.09. The van der Waals surface area contributed by atoms with Crippen molar-refractivity contribution in [1.82, 2.24) is 4.98 Å². The molecule has 1 heterocycles. The molecule has 1 aliphatic carbocycles. The molecular weight excluding hydrogens is 365 g/mol. The lowest BCUT2D eigenvalue weighted by Crippen LogP contribution is -2.23. The molecule has 0 bridgehead atoms. The first-order valence-corrected chi connectivity index (χ1v) is 10.3. The summed E-state index contributed by atoms with van der Waals surface area (Å²) in [5, 5.41) is 0. The monoisotopic (exact) mass is 399 g/mol. The maximum absolute atomic E-state index is 13.8. The zero-order valence-electron chi connectivity index (χ0n) is 18.6. The van der Waals surface area contributed by atoms with Crippen molar-refractivity contribution in [3.8, 4) is 0 Å². The Morgan fingerprint density at radius 3 is 2.66 bits per heavy atom. The molecule has 158 valence electrons. The van der Waals surface area contributed by atoms with Crippen LogP contribution in [0.3, 0.4) is 0 Å². The minimum absolute atomic E-state index is 0.00724. The van der Waals surface area contributed by atoms with Crippen LogP contribution < -0.4 is 0 Å². The van der Waals surface area contributed by atoms with Gasteiger partial charge in [-0.05, 0) is 77.0 Å². The van der Waals surface area contributed by atoms with Crippen LogP contribution in [0.15, 0.2) is 47.8 Å². The Balaban J connectivity index is 2.42. The first-order valence-electron chi connectivity index (χ1n) is 10.3. The maximum atomic E-state index is 13.8. The Hall–Kier alpha value is -2.36. The highest BCUT2D eigenvalue weighted by atomic mass is 19.1. The molecule has 0 unspecified atom stereocenters. The van der Waals surface area contributed by atoms with Gasteiger partial charge >= 0.3 is 5.97 Å². The lowest BCUT2D eigenvalue weighted by atomic mass is 9.69. The zero-order chi connectivity index (χ0) is 21.6. The van der Waals surface area contributed by atoms with E-state index in [1.807, 2.05) is 32.9 Å². The van der Waals surface area contributed by atoms with Gasteiger partial charge in [0.2, 0.25) is 0 Å². The minimum Gasteiger partial charge on any atom is -0.432 e. The molecule has 0 amide bonds. The van der Waals surface area contributed by atoms with Gasteiger partial charge in [0.05, 0.1) is 6.26 Å². The van der Waals surface area contributed by atoms with Crippen LogP contribution in [0.25, 0.3) is 5.57 Å². The van der Waals surface area contributed by atoms with E-state index in [0.717, 1.165) is 41.8 Å². The van der Waals surface area contributed by atoms with Gasteiger partial charge in [0.15, 0.2) is 0 Å². The minimum atomic E-state index is -0.497. The summed E-state index contributed by atoms with van der Waals surface area (Å²) in [5.41, 5.74) is 5.71. The van der Waals surface area contributed by atoms with Crippen LogP contribution in [-0.2, 0) is 9.53 Å². The Labute approximate surface area is 174 Å². The fourth-order valence-electron chi connectivity index (χ4n) is 3.94. The van der Waals surface area contributed by atoms with Crippen LogP contribution in [0.4, 0.5) is 4.39 Å². The summed E-state index contributed by atoms with van der Waals surface area (Å²) in [6.07, 6.45) is 11.9. The summed E-state index contributed by atoms with van der Waals surface area (Å²) < 4.78 is 19.1. The van der Waals surface area contributed by atoms with Gasteiger partial charge in [-0.15, -0.1) is 0 Å². The van der Waals surface area contributed by atoms with E-state index in [2.05, 4.69) is 37.9 Å². The van der Waals surface area contributed by atoms with Crippen molar-refractivity contribution in [3.05, 3.63) is 64.7 Å². The van der Waals surface area contributed by atoms with E-state index in [1.54, 1.807) is 0 Å². The largest absolute Gasteiger partial charge is 0.432 e. The number of carbonyl (C=O) groups is 1. The van der Waals surface area contributed by atoms with E-state index >= 15 is 0 Å². The SMILES string of the molecule is CC(C)=CCC[C@@]1(C)CC=C(CF)c2[nH]c(C)cc2[C@@H]1/C=C/OC(=O)C=C(C)C. The summed E-state index contributed by atoms with van der Waals surface area (Å²) in [6.45, 7) is 11.6. The van der Waals surface area contributed by atoms with Crippen molar-refractivity contribution in [3.63, 3.8) is 0 Å². The summed E-state index contributed by atoms with van der Waals surface area (Å²) in [7, 11) is 0. The second kappa shape index (κ2) is 9.91. The number of esters is 1. The van der Waals surface area contributed by atoms with Crippen LogP contribution in [0.2, 0.25) is 0 Å². The van der Waals surface area contributed by atoms with Gasteiger partial charge in [0.25, 0.3) is 0 Å². The lowest BCUT2D eigenvalue weighted by molar-refractivity contribution is -0.132. The Morgan fingerprint density at radius 1 is 1.31 bits per heavy atom. The number of ether oxygens (including phenoxy) is 1. The highest BCUT2D eigenvalue weighted by Crippen LogP contribution is 2.49. The molecule has 3 nitrogen and oxygen atoms in total. The van der Waals surface area contributed by atoms with Gasteiger partial charge in [-0.25, -0.2) is 9.18 Å². The van der Waals surface area contributed by atoms with Crippen LogP contribution in [-0.4, -0.2) is 17.6 Å². The average molecular weight is 400 g/mol. The molecule has 29 heavy (non-hydrogen) atoms. The number of alkyl halides is 1. The number of halogens is 1. The number of H-pyrrole nitrogens is 1. The second-order valence-electron chi connectivity index (χ2n) is 8.79. The van der Waals surface area contributed by atoms with Crippen molar-refractivity contribution >= 4 is 11.5 Å². The number of rotatable bonds is 7. The van der Waals surface area contributed by atoms with Crippen LogP contribution in [0.1, 0.15) is 76.8 Å². The Bertz CT molecular complexity index is 848. The van der Waals surface area contributed by atoms with Gasteiger partial charge in [0, 0.05) is 29.0 Å². The quantitative estimate of drug-likeness (QED) is 0.233. The third-order valence-corrected chi connectivity index (χ3v) is 5.48. The first kappa shape index (κ1) is 22.9. The number of nitrogens with one attached hydrogen (secondary N) is 1. The molecule has 0 spiro atoms. The number of aromatic amines is 1. The number of hydrogen-bond acceptors (Lipinski definition) is 2. The van der Waals surface area contributed by atoms with Crippen molar-refractivity contribution in [2.45, 2.75) is 66.7 Å². The molecule has 0 aromatic carbocycles. The van der Waals surface area contributed by atoms with Crippen molar-refractivity contribution in [1.29, 1.82) is 0 Å². The predicted molar refractivity (Wildman–Crippen MR) is 118 cm³/mol. The smallest absolute Gasteiger partial charge is 0.335 e. The summed E-state index contributed by atoms with van der Waals surface area (Å²) in [4.78, 5) is 15.2. The second-order valence-corrected chi connectivity index (χ2v) is 8.79. The highest BCUT2D eigenvalue weighted by Gasteiger charge is 2.37. The van der Waals surface area contributed by atoms with Crippen LogP contribution >= 0.6 is 0 Å². The number of fused-ring (bicyclic) bond motifs is 1. The standard InChI is InChI=1S/C25H34FNO2/c1-17(2)8-7-11-25(6)12-9-20(16-26)24-21(15-19(5)27-24)22(25)10-13-29-23(28)14-18(3)4/h8-10,13-15,22,27H,7,11-12,16H2,1-6H3/b13-10+/t22-,25-/m0/s1. The molecule has 0 saturated carbocycles. The van der Waals surface area contributed by atoms with Gasteiger partial charge < -0.3 is 9.72 Å². The van der Waals surface area contributed by atoms with E-state index in [1.165, 1.54) is 17.9 Å². The van der Waals surface area contributed by atoms with Crippen LogP contribution in [0, 0.1) is 12.3 Å². The molecule has 2 atom stereocenters. The van der Waals surface area contributed by atoms with Gasteiger partial charge in [0.1, 0.15) is 6.67 Å². The number of hydrogen-bond donors (Lipinski definition) is 1. The lowest BCUT2D eigenvalue weighted by Gasteiger charge is -2.34. The molecule has 0 aliphatic heterocycles. The van der Waals surface area contributed by atoms with E-state index in [9.17, 15) is 9.18 Å². The van der Waals surface area contributed by atoms with Crippen molar-refractivity contribution < 1.29 is 13.9 Å². The molecule has 1 aromatic heterocycles. The van der Waals surface area contributed by atoms with Crippen molar-refractivity contribution in [2.24, 2.45) is 5.41 Å². The van der Waals surface area contributed by atoms with E-state index in [4.69, 9.17) is 4.74 Å². The zero-order valence-corrected chi connectivity index (χ0v) is 18.6. The molecule has 1 aliphatic rings. The number of aryl methyl sites for hydroxylation is 1. The van der Waals surface area contributed by atoms with E-state index < -0.39 is 6.67 Å². The molecule has 2 rings (SSSR count). The topological polar surface area (TPSA) is 42.1 Å². The highest BCUT2D eigenvalue weighted by molar-refractivity contribution is 5.83. The average Bonchev–Trinajstić information content (AvgIpc) is 2.95. The normalized spacial score (nSPS) is 21.2. The molecule has 0 radical (unpaired) electrons. The number of allylic oxidation sites excluding steroid dienone is 6. The molecule has 1 N–H and O–H groups in total. The first-order chi connectivity index (χ1) is 13.7. The van der Waals surface area contributed by atoms with Crippen LogP contribution in [0.5, 0.6) is 0 Å². The van der Waals surface area contributed by atoms with E-state index in [0.29, 0.717) is 5.57 Å². The third-order valence-electron chi connectivity index (χ3n) is 5.48. The summed E-state index contributed by atoms with van der Waals surface area (Å²) >= 11 is 0. The molecule has 1 aromatic rings. The maximum Gasteiger partial charge on any atom is 0.335 e.